The van der Waals surface area contributed by atoms with E-state index in [0.29, 0.717) is 13.1 Å². The zero-order valence-corrected chi connectivity index (χ0v) is 14.3. The van der Waals surface area contributed by atoms with Crippen molar-refractivity contribution in [2.75, 3.05) is 39.3 Å². The minimum atomic E-state index is -0.360. The second-order valence-corrected chi connectivity index (χ2v) is 5.87. The van der Waals surface area contributed by atoms with Gasteiger partial charge in [0.1, 0.15) is 11.6 Å². The van der Waals surface area contributed by atoms with E-state index in [4.69, 9.17) is 10.4 Å². The molecule has 1 amide bonds. The Bertz CT molecular complexity index is 615. The number of carbonyl (C=O) groups is 1. The largest absolute Gasteiger partial charge is 0.392 e. The van der Waals surface area contributed by atoms with E-state index in [1.54, 1.807) is 0 Å². The molecule has 1 fully saturated rings. The highest BCUT2D eigenvalue weighted by atomic mass is 16.3. The number of hydrogen-bond donors (Lipinski definition) is 4. The van der Waals surface area contributed by atoms with E-state index < -0.39 is 0 Å². The Morgan fingerprint density at radius 2 is 1.96 bits per heavy atom. The molecule has 0 atom stereocenters. The maximum Gasteiger partial charge on any atom is 0.263 e. The van der Waals surface area contributed by atoms with Crippen molar-refractivity contribution < 1.29 is 9.90 Å². The Hall–Kier alpha value is -2.40. The number of aliphatic hydroxyl groups excluding tert-OH is 1. The third kappa shape index (κ3) is 6.55. The lowest BCUT2D eigenvalue weighted by Gasteiger charge is -2.27. The van der Waals surface area contributed by atoms with Crippen molar-refractivity contribution in [1.29, 1.82) is 5.26 Å². The van der Waals surface area contributed by atoms with Gasteiger partial charge in [0.2, 0.25) is 0 Å². The van der Waals surface area contributed by atoms with Gasteiger partial charge in [0.05, 0.1) is 6.61 Å². The highest BCUT2D eigenvalue weighted by Crippen LogP contribution is 2.04. The van der Waals surface area contributed by atoms with Gasteiger partial charge >= 0.3 is 0 Å². The van der Waals surface area contributed by atoms with E-state index in [1.165, 1.54) is 6.20 Å². The summed E-state index contributed by atoms with van der Waals surface area (Å²) in [6.07, 6.45) is 1.44. The monoisotopic (exact) mass is 343 g/mol. The molecule has 134 valence electrons. The topological polar surface area (TPSA) is 100 Å². The number of rotatable bonds is 8. The summed E-state index contributed by atoms with van der Waals surface area (Å²) in [6.45, 7) is 5.74. The molecule has 0 spiro atoms. The number of hydrogen-bond acceptors (Lipinski definition) is 6. The van der Waals surface area contributed by atoms with Crippen molar-refractivity contribution in [2.24, 2.45) is 0 Å². The van der Waals surface area contributed by atoms with Crippen molar-refractivity contribution in [3.05, 3.63) is 47.2 Å². The number of amides is 1. The van der Waals surface area contributed by atoms with Gasteiger partial charge in [0, 0.05) is 52.0 Å². The van der Waals surface area contributed by atoms with Crippen molar-refractivity contribution in [2.45, 2.75) is 13.2 Å². The van der Waals surface area contributed by atoms with Crippen LogP contribution in [-0.2, 0) is 17.9 Å². The van der Waals surface area contributed by atoms with Crippen LogP contribution in [0.3, 0.4) is 0 Å². The lowest BCUT2D eigenvalue weighted by molar-refractivity contribution is -0.117. The van der Waals surface area contributed by atoms with E-state index in [9.17, 15) is 4.79 Å². The Kier molecular flexibility index (Phi) is 7.92. The van der Waals surface area contributed by atoms with Gasteiger partial charge in [0.25, 0.3) is 5.91 Å². The van der Waals surface area contributed by atoms with Gasteiger partial charge in [-0.3, -0.25) is 9.69 Å². The van der Waals surface area contributed by atoms with Crippen molar-refractivity contribution in [1.82, 2.24) is 20.9 Å². The number of piperazine rings is 1. The van der Waals surface area contributed by atoms with Gasteiger partial charge in [-0.2, -0.15) is 5.26 Å². The molecule has 7 nitrogen and oxygen atoms in total. The first-order chi connectivity index (χ1) is 12.2. The molecule has 1 aliphatic rings. The molecule has 0 bridgehead atoms. The van der Waals surface area contributed by atoms with E-state index in [2.05, 4.69) is 20.9 Å². The Morgan fingerprint density at radius 1 is 1.28 bits per heavy atom. The van der Waals surface area contributed by atoms with E-state index in [1.807, 2.05) is 30.3 Å². The van der Waals surface area contributed by atoms with E-state index >= 15 is 0 Å². The fourth-order valence-electron chi connectivity index (χ4n) is 2.54. The van der Waals surface area contributed by atoms with Gasteiger partial charge in [-0.25, -0.2) is 0 Å². The van der Waals surface area contributed by atoms with E-state index in [-0.39, 0.29) is 18.1 Å². The average molecular weight is 343 g/mol. The zero-order chi connectivity index (χ0) is 17.9. The molecule has 4 N–H and O–H groups in total. The molecular formula is C18H25N5O2. The zero-order valence-electron chi connectivity index (χ0n) is 14.3. The van der Waals surface area contributed by atoms with Crippen LogP contribution in [0, 0.1) is 11.3 Å². The number of benzene rings is 1. The minimum absolute atomic E-state index is 0.0142. The van der Waals surface area contributed by atoms with Crippen molar-refractivity contribution in [3.63, 3.8) is 0 Å². The van der Waals surface area contributed by atoms with Gasteiger partial charge in [-0.05, 0) is 11.1 Å². The molecule has 1 saturated heterocycles. The Morgan fingerprint density at radius 3 is 2.60 bits per heavy atom. The second-order valence-electron chi connectivity index (χ2n) is 5.87. The predicted octanol–water partition coefficient (Wildman–Crippen LogP) is -0.303. The molecule has 1 aliphatic heterocycles. The van der Waals surface area contributed by atoms with Crippen LogP contribution in [0.2, 0.25) is 0 Å². The summed E-state index contributed by atoms with van der Waals surface area (Å²) in [5, 5.41) is 27.2. The van der Waals surface area contributed by atoms with Crippen LogP contribution in [0.25, 0.3) is 0 Å². The third-order valence-corrected chi connectivity index (χ3v) is 4.05. The van der Waals surface area contributed by atoms with Gasteiger partial charge < -0.3 is 21.1 Å². The number of nitriles is 1. The smallest absolute Gasteiger partial charge is 0.263 e. The number of nitrogens with one attached hydrogen (secondary N) is 3. The summed E-state index contributed by atoms with van der Waals surface area (Å²) in [5.41, 5.74) is 1.91. The quantitative estimate of drug-likeness (QED) is 0.382. The van der Waals surface area contributed by atoms with Gasteiger partial charge in [-0.15, -0.1) is 0 Å². The SMILES string of the molecule is N#C/C(=C/NCc1ccc(CO)cc1)C(=O)NCCN1CCNCC1. The summed E-state index contributed by atoms with van der Waals surface area (Å²) in [5.74, 6) is -0.360. The molecule has 1 aromatic rings. The molecule has 1 heterocycles. The van der Waals surface area contributed by atoms with Crippen LogP contribution in [0.4, 0.5) is 0 Å². The lowest BCUT2D eigenvalue weighted by Crippen LogP contribution is -2.46. The van der Waals surface area contributed by atoms with Crippen LogP contribution in [0.1, 0.15) is 11.1 Å². The fourth-order valence-corrected chi connectivity index (χ4v) is 2.54. The molecular weight excluding hydrogens is 318 g/mol. The minimum Gasteiger partial charge on any atom is -0.392 e. The average Bonchev–Trinajstić information content (AvgIpc) is 2.66. The Balaban J connectivity index is 1.73. The standard InChI is InChI=1S/C18H25N5O2/c19-11-17(13-21-12-15-1-3-16(14-24)4-2-15)18(25)22-7-10-23-8-5-20-6-9-23/h1-4,13,20-21,24H,5-10,12,14H2,(H,22,25)/b17-13-. The second kappa shape index (κ2) is 10.5. The molecule has 1 aromatic carbocycles. The van der Waals surface area contributed by atoms with E-state index in [0.717, 1.165) is 43.9 Å². The van der Waals surface area contributed by atoms with Crippen LogP contribution < -0.4 is 16.0 Å². The molecule has 0 unspecified atom stereocenters. The first-order valence-electron chi connectivity index (χ1n) is 8.46. The maximum absolute atomic E-state index is 12.0. The summed E-state index contributed by atoms with van der Waals surface area (Å²) in [4.78, 5) is 14.3. The summed E-state index contributed by atoms with van der Waals surface area (Å²) in [7, 11) is 0. The van der Waals surface area contributed by atoms with Crippen LogP contribution in [0.5, 0.6) is 0 Å². The first kappa shape index (κ1) is 18.9. The lowest BCUT2D eigenvalue weighted by atomic mass is 10.1. The molecule has 0 aromatic heterocycles. The number of nitrogens with zero attached hydrogens (tertiary/aromatic N) is 2. The predicted molar refractivity (Wildman–Crippen MR) is 95.2 cm³/mol. The molecule has 0 radical (unpaired) electrons. The number of carbonyl (C=O) groups excluding carboxylic acids is 1. The van der Waals surface area contributed by atoms with Crippen LogP contribution in [0.15, 0.2) is 36.0 Å². The Labute approximate surface area is 148 Å². The fraction of sp³-hybridized carbons (Fsp3) is 0.444. The van der Waals surface area contributed by atoms with Gasteiger partial charge in [-0.1, -0.05) is 24.3 Å². The molecule has 0 aliphatic carbocycles. The molecule has 25 heavy (non-hydrogen) atoms. The normalized spacial score (nSPS) is 15.4. The van der Waals surface area contributed by atoms with Crippen LogP contribution >= 0.6 is 0 Å². The highest BCUT2D eigenvalue weighted by molar-refractivity contribution is 5.97. The summed E-state index contributed by atoms with van der Waals surface area (Å²) in [6, 6.07) is 9.40. The summed E-state index contributed by atoms with van der Waals surface area (Å²) >= 11 is 0. The van der Waals surface area contributed by atoms with Gasteiger partial charge in [0.15, 0.2) is 0 Å². The first-order valence-corrected chi connectivity index (χ1v) is 8.46. The molecule has 7 heteroatoms. The summed E-state index contributed by atoms with van der Waals surface area (Å²) < 4.78 is 0. The maximum atomic E-state index is 12.0. The third-order valence-electron chi connectivity index (χ3n) is 4.05. The number of aliphatic hydroxyl groups is 1. The van der Waals surface area contributed by atoms with Crippen LogP contribution in [-0.4, -0.2) is 55.2 Å². The molecule has 0 saturated carbocycles. The molecule has 2 rings (SSSR count). The van der Waals surface area contributed by atoms with Crippen molar-refractivity contribution >= 4 is 5.91 Å². The van der Waals surface area contributed by atoms with Crippen molar-refractivity contribution in [3.8, 4) is 6.07 Å². The highest BCUT2D eigenvalue weighted by Gasteiger charge is 2.11.